The molecule has 0 radical (unpaired) electrons. The van der Waals surface area contributed by atoms with Gasteiger partial charge in [0.1, 0.15) is 0 Å². The molecule has 0 unspecified atom stereocenters. The first-order chi connectivity index (χ1) is 10.6. The Morgan fingerprint density at radius 1 is 0.909 bits per heavy atom. The molecule has 0 aliphatic carbocycles. The van der Waals surface area contributed by atoms with Gasteiger partial charge in [-0.1, -0.05) is 18.2 Å². The molecule has 3 rings (SSSR count). The summed E-state index contributed by atoms with van der Waals surface area (Å²) in [5.74, 6) is -1.10. The maximum absolute atomic E-state index is 11.9. The summed E-state index contributed by atoms with van der Waals surface area (Å²) < 4.78 is 0. The summed E-state index contributed by atoms with van der Waals surface area (Å²) in [5, 5.41) is 7.88. The monoisotopic (exact) mass is 295 g/mol. The van der Waals surface area contributed by atoms with Gasteiger partial charge in [0.2, 0.25) is 5.91 Å². The van der Waals surface area contributed by atoms with Gasteiger partial charge in [-0.2, -0.15) is 0 Å². The number of hydrogen-bond donors (Lipinski definition) is 3. The fraction of sp³-hybridized carbons (Fsp3) is 0.0625. The number of carbonyl (C=O) groups is 3. The molecule has 1 aliphatic heterocycles. The molecule has 2 aromatic carbocycles. The van der Waals surface area contributed by atoms with Crippen molar-refractivity contribution in [2.45, 2.75) is 0 Å². The first-order valence-electron chi connectivity index (χ1n) is 6.72. The van der Waals surface area contributed by atoms with E-state index in [1.165, 1.54) is 12.1 Å². The highest BCUT2D eigenvalue weighted by Crippen LogP contribution is 2.20. The second kappa shape index (κ2) is 5.69. The third kappa shape index (κ3) is 2.80. The standard InChI is InChI=1S/C16H13N3O3/c20-14(9-17-10-4-2-1-3-5-10)18-11-6-7-12-13(8-11)16(22)19-15(12)21/h1-8,17H,9H2,(H,18,20)(H,19,21,22). The van der Waals surface area contributed by atoms with Crippen molar-refractivity contribution in [1.29, 1.82) is 0 Å². The van der Waals surface area contributed by atoms with Gasteiger partial charge >= 0.3 is 0 Å². The van der Waals surface area contributed by atoms with E-state index >= 15 is 0 Å². The van der Waals surface area contributed by atoms with Crippen LogP contribution in [0.1, 0.15) is 20.7 Å². The van der Waals surface area contributed by atoms with Gasteiger partial charge in [0, 0.05) is 11.4 Å². The van der Waals surface area contributed by atoms with Crippen LogP contribution < -0.4 is 16.0 Å². The predicted molar refractivity (Wildman–Crippen MR) is 81.8 cm³/mol. The minimum absolute atomic E-state index is 0.103. The van der Waals surface area contributed by atoms with Crippen LogP contribution in [0, 0.1) is 0 Å². The molecular weight excluding hydrogens is 282 g/mol. The average Bonchev–Trinajstić information content (AvgIpc) is 2.81. The van der Waals surface area contributed by atoms with E-state index in [4.69, 9.17) is 0 Å². The van der Waals surface area contributed by atoms with Crippen LogP contribution in [-0.4, -0.2) is 24.3 Å². The van der Waals surface area contributed by atoms with Crippen LogP contribution in [0.25, 0.3) is 0 Å². The number of fused-ring (bicyclic) bond motifs is 1. The normalized spacial score (nSPS) is 12.5. The highest BCUT2D eigenvalue weighted by Gasteiger charge is 2.26. The third-order valence-electron chi connectivity index (χ3n) is 3.25. The smallest absolute Gasteiger partial charge is 0.259 e. The van der Waals surface area contributed by atoms with Crippen LogP contribution >= 0.6 is 0 Å². The van der Waals surface area contributed by atoms with Gasteiger partial charge in [0.25, 0.3) is 11.8 Å². The molecule has 6 heteroatoms. The first kappa shape index (κ1) is 13.8. The van der Waals surface area contributed by atoms with Crippen LogP contribution in [-0.2, 0) is 4.79 Å². The lowest BCUT2D eigenvalue weighted by molar-refractivity contribution is -0.114. The van der Waals surface area contributed by atoms with Gasteiger partial charge in [0.05, 0.1) is 17.7 Å². The minimum Gasteiger partial charge on any atom is -0.376 e. The number of imide groups is 1. The molecule has 110 valence electrons. The first-order valence-corrected chi connectivity index (χ1v) is 6.72. The average molecular weight is 295 g/mol. The molecule has 0 saturated heterocycles. The molecule has 0 atom stereocenters. The van der Waals surface area contributed by atoms with Crippen LogP contribution in [0.15, 0.2) is 48.5 Å². The SMILES string of the molecule is O=C(CNc1ccccc1)Nc1ccc2c(c1)C(=O)NC2=O. The molecule has 6 nitrogen and oxygen atoms in total. The van der Waals surface area contributed by atoms with Crippen LogP contribution in [0.2, 0.25) is 0 Å². The Hall–Kier alpha value is -3.15. The molecule has 2 aromatic rings. The summed E-state index contributed by atoms with van der Waals surface area (Å²) in [5.41, 5.74) is 1.92. The van der Waals surface area contributed by atoms with E-state index in [1.807, 2.05) is 30.3 Å². The van der Waals surface area contributed by atoms with E-state index in [0.29, 0.717) is 11.3 Å². The van der Waals surface area contributed by atoms with Crippen molar-refractivity contribution >= 4 is 29.1 Å². The van der Waals surface area contributed by atoms with Crippen molar-refractivity contribution in [2.75, 3.05) is 17.2 Å². The van der Waals surface area contributed by atoms with E-state index in [1.54, 1.807) is 6.07 Å². The van der Waals surface area contributed by atoms with Crippen molar-refractivity contribution < 1.29 is 14.4 Å². The highest BCUT2D eigenvalue weighted by atomic mass is 16.2. The largest absolute Gasteiger partial charge is 0.376 e. The Labute approximate surface area is 126 Å². The summed E-state index contributed by atoms with van der Waals surface area (Å²) in [6, 6.07) is 14.0. The number of para-hydroxylation sites is 1. The van der Waals surface area contributed by atoms with Gasteiger partial charge < -0.3 is 10.6 Å². The zero-order valence-corrected chi connectivity index (χ0v) is 11.6. The molecule has 0 aromatic heterocycles. The maximum atomic E-state index is 11.9. The van der Waals surface area contributed by atoms with Gasteiger partial charge in [-0.3, -0.25) is 19.7 Å². The van der Waals surface area contributed by atoms with E-state index in [0.717, 1.165) is 5.69 Å². The Bertz CT molecular complexity index is 756. The van der Waals surface area contributed by atoms with E-state index in [2.05, 4.69) is 16.0 Å². The summed E-state index contributed by atoms with van der Waals surface area (Å²) in [4.78, 5) is 34.9. The number of nitrogens with one attached hydrogen (secondary N) is 3. The van der Waals surface area contributed by atoms with Crippen LogP contribution in [0.5, 0.6) is 0 Å². The lowest BCUT2D eigenvalue weighted by Crippen LogP contribution is -2.22. The molecular formula is C16H13N3O3. The number of benzene rings is 2. The zero-order valence-electron chi connectivity index (χ0n) is 11.6. The summed E-state index contributed by atoms with van der Waals surface area (Å²) in [6.45, 7) is 0.103. The quantitative estimate of drug-likeness (QED) is 0.748. The molecule has 1 heterocycles. The molecule has 3 amide bonds. The van der Waals surface area contributed by atoms with Crippen LogP contribution in [0.3, 0.4) is 0 Å². The van der Waals surface area contributed by atoms with E-state index in [-0.39, 0.29) is 18.0 Å². The number of carbonyl (C=O) groups excluding carboxylic acids is 3. The Balaban J connectivity index is 1.64. The van der Waals surface area contributed by atoms with Gasteiger partial charge in [0.15, 0.2) is 0 Å². The number of anilines is 2. The minimum atomic E-state index is -0.446. The third-order valence-corrected chi connectivity index (χ3v) is 3.25. The van der Waals surface area contributed by atoms with E-state index in [9.17, 15) is 14.4 Å². The molecule has 1 aliphatic rings. The summed E-state index contributed by atoms with van der Waals surface area (Å²) in [6.07, 6.45) is 0. The van der Waals surface area contributed by atoms with Gasteiger partial charge in [-0.15, -0.1) is 0 Å². The van der Waals surface area contributed by atoms with Crippen molar-refractivity contribution in [3.8, 4) is 0 Å². The second-order valence-electron chi connectivity index (χ2n) is 4.81. The van der Waals surface area contributed by atoms with Crippen molar-refractivity contribution in [1.82, 2.24) is 5.32 Å². The Morgan fingerprint density at radius 2 is 1.64 bits per heavy atom. The van der Waals surface area contributed by atoms with Crippen molar-refractivity contribution in [3.63, 3.8) is 0 Å². The van der Waals surface area contributed by atoms with E-state index < -0.39 is 11.8 Å². The summed E-state index contributed by atoms with van der Waals surface area (Å²) >= 11 is 0. The van der Waals surface area contributed by atoms with Gasteiger partial charge in [-0.05, 0) is 30.3 Å². The van der Waals surface area contributed by atoms with Crippen LogP contribution in [0.4, 0.5) is 11.4 Å². The fourth-order valence-electron chi connectivity index (χ4n) is 2.19. The number of rotatable bonds is 4. The van der Waals surface area contributed by atoms with Gasteiger partial charge in [-0.25, -0.2) is 0 Å². The molecule has 0 fully saturated rings. The molecule has 3 N–H and O–H groups in total. The molecule has 0 bridgehead atoms. The fourth-order valence-corrected chi connectivity index (χ4v) is 2.19. The number of amides is 3. The Kier molecular flexibility index (Phi) is 3.57. The summed E-state index contributed by atoms with van der Waals surface area (Å²) in [7, 11) is 0. The predicted octanol–water partition coefficient (Wildman–Crippen LogP) is 1.62. The molecule has 22 heavy (non-hydrogen) atoms. The van der Waals surface area contributed by atoms with Crippen molar-refractivity contribution in [2.24, 2.45) is 0 Å². The topological polar surface area (TPSA) is 87.3 Å². The Morgan fingerprint density at radius 3 is 2.41 bits per heavy atom. The lowest BCUT2D eigenvalue weighted by atomic mass is 10.1. The highest BCUT2D eigenvalue weighted by molar-refractivity contribution is 6.22. The lowest BCUT2D eigenvalue weighted by Gasteiger charge is -2.08. The molecule has 0 spiro atoms. The maximum Gasteiger partial charge on any atom is 0.259 e. The zero-order chi connectivity index (χ0) is 15.5. The second-order valence-corrected chi connectivity index (χ2v) is 4.81. The van der Waals surface area contributed by atoms with Crippen molar-refractivity contribution in [3.05, 3.63) is 59.7 Å². The molecule has 0 saturated carbocycles. The number of hydrogen-bond acceptors (Lipinski definition) is 4.